The Labute approximate surface area is 186 Å². The molecule has 1 atom stereocenters. The van der Waals surface area contributed by atoms with E-state index >= 15 is 0 Å². The van der Waals surface area contributed by atoms with Gasteiger partial charge < -0.3 is 10.1 Å². The number of ether oxygens (including phenoxy) is 1. The lowest BCUT2D eigenvalue weighted by molar-refractivity contribution is -0.120. The van der Waals surface area contributed by atoms with E-state index in [0.717, 1.165) is 0 Å². The maximum Gasteiger partial charge on any atom is 0.243 e. The van der Waals surface area contributed by atoms with Gasteiger partial charge in [-0.25, -0.2) is 22.0 Å². The number of piperidine rings is 1. The predicted molar refractivity (Wildman–Crippen MR) is 116 cm³/mol. The van der Waals surface area contributed by atoms with Crippen molar-refractivity contribution in [1.29, 1.82) is 0 Å². The molecule has 0 aliphatic carbocycles. The van der Waals surface area contributed by atoms with Crippen molar-refractivity contribution in [2.45, 2.75) is 22.6 Å². The monoisotopic (exact) mass is 487 g/mol. The average molecular weight is 488 g/mol. The number of methoxy groups -OCH3 is 1. The second-order valence-corrected chi connectivity index (χ2v) is 11.0. The number of rotatable bonds is 6. The van der Waals surface area contributed by atoms with Gasteiger partial charge in [0.05, 0.1) is 27.8 Å². The van der Waals surface area contributed by atoms with Crippen LogP contribution in [-0.2, 0) is 24.8 Å². The molecule has 0 bridgehead atoms. The van der Waals surface area contributed by atoms with Gasteiger partial charge in [0.1, 0.15) is 5.75 Å². The van der Waals surface area contributed by atoms with Crippen molar-refractivity contribution >= 4 is 43.2 Å². The number of carbonyl (C=O) groups is 1. The molecule has 1 saturated heterocycles. The molecule has 9 nitrogen and oxygen atoms in total. The standard InChI is InChI=1S/C19H22ClN3O6S2/c1-29-18-9-8-16(11-17(18)20)31(27,28)23-10-2-3-13(12-23)19(24)22-14-4-6-15(7-5-14)30(21,25)26/h4-9,11,13H,2-3,10,12H2,1H3,(H,22,24)(H2,21,25,26)/t13-/m1/s1. The van der Waals surface area contributed by atoms with Crippen LogP contribution in [0.2, 0.25) is 5.02 Å². The Morgan fingerprint density at radius 3 is 2.35 bits per heavy atom. The Hall–Kier alpha value is -2.18. The largest absolute Gasteiger partial charge is 0.495 e. The summed E-state index contributed by atoms with van der Waals surface area (Å²) < 4.78 is 55.0. The number of hydrogen-bond donors (Lipinski definition) is 2. The molecule has 168 valence electrons. The van der Waals surface area contributed by atoms with Gasteiger partial charge >= 0.3 is 0 Å². The highest BCUT2D eigenvalue weighted by atomic mass is 35.5. The van der Waals surface area contributed by atoms with Crippen molar-refractivity contribution in [3.63, 3.8) is 0 Å². The number of halogens is 1. The SMILES string of the molecule is COc1ccc(S(=O)(=O)N2CCC[C@@H](C(=O)Nc3ccc(S(N)(=O)=O)cc3)C2)cc1Cl. The second-order valence-electron chi connectivity index (χ2n) is 7.06. The van der Waals surface area contributed by atoms with Crippen molar-refractivity contribution in [2.75, 3.05) is 25.5 Å². The van der Waals surface area contributed by atoms with Gasteiger partial charge in [0.2, 0.25) is 26.0 Å². The molecule has 0 spiro atoms. The van der Waals surface area contributed by atoms with Gasteiger partial charge in [0.25, 0.3) is 0 Å². The molecule has 1 aliphatic rings. The topological polar surface area (TPSA) is 136 Å². The minimum Gasteiger partial charge on any atom is -0.495 e. The van der Waals surface area contributed by atoms with Gasteiger partial charge in [-0.05, 0) is 55.3 Å². The van der Waals surface area contributed by atoms with E-state index in [0.29, 0.717) is 30.8 Å². The third-order valence-electron chi connectivity index (χ3n) is 4.97. The first-order valence-corrected chi connectivity index (χ1v) is 12.7. The Bertz CT molecular complexity index is 1180. The fraction of sp³-hybridized carbons (Fsp3) is 0.316. The summed E-state index contributed by atoms with van der Waals surface area (Å²) >= 11 is 6.07. The maximum absolute atomic E-state index is 13.0. The second kappa shape index (κ2) is 9.13. The lowest BCUT2D eigenvalue weighted by atomic mass is 9.99. The van der Waals surface area contributed by atoms with Crippen LogP contribution in [0.1, 0.15) is 12.8 Å². The molecule has 1 fully saturated rings. The van der Waals surface area contributed by atoms with E-state index in [1.54, 1.807) is 0 Å². The molecule has 2 aromatic rings. The summed E-state index contributed by atoms with van der Waals surface area (Å²) in [6.45, 7) is 0.311. The van der Waals surface area contributed by atoms with Crippen molar-refractivity contribution in [3.05, 3.63) is 47.5 Å². The van der Waals surface area contributed by atoms with Gasteiger partial charge in [-0.3, -0.25) is 4.79 Å². The molecule has 0 saturated carbocycles. The van der Waals surface area contributed by atoms with Crippen LogP contribution < -0.4 is 15.2 Å². The molecular weight excluding hydrogens is 466 g/mol. The molecule has 0 radical (unpaired) electrons. The Morgan fingerprint density at radius 1 is 1.13 bits per heavy atom. The highest BCUT2D eigenvalue weighted by Crippen LogP contribution is 2.30. The summed E-state index contributed by atoms with van der Waals surface area (Å²) in [6, 6.07) is 9.65. The van der Waals surface area contributed by atoms with Crippen LogP contribution >= 0.6 is 11.6 Å². The smallest absolute Gasteiger partial charge is 0.243 e. The van der Waals surface area contributed by atoms with Gasteiger partial charge in [-0.1, -0.05) is 11.6 Å². The van der Waals surface area contributed by atoms with Crippen molar-refractivity contribution in [2.24, 2.45) is 11.1 Å². The zero-order valence-electron chi connectivity index (χ0n) is 16.6. The molecule has 1 heterocycles. The third-order valence-corrected chi connectivity index (χ3v) is 8.05. The first kappa shape index (κ1) is 23.5. The summed E-state index contributed by atoms with van der Waals surface area (Å²) in [7, 11) is -6.23. The molecule has 3 N–H and O–H groups in total. The van der Waals surface area contributed by atoms with Gasteiger partial charge in [-0.15, -0.1) is 0 Å². The number of hydrogen-bond acceptors (Lipinski definition) is 6. The number of carbonyl (C=O) groups excluding carboxylic acids is 1. The zero-order valence-corrected chi connectivity index (χ0v) is 19.0. The van der Waals surface area contributed by atoms with Crippen LogP contribution in [0, 0.1) is 5.92 Å². The van der Waals surface area contributed by atoms with Crippen LogP contribution in [0.25, 0.3) is 0 Å². The lowest BCUT2D eigenvalue weighted by Gasteiger charge is -2.31. The number of primary sulfonamides is 1. The number of nitrogens with one attached hydrogen (secondary N) is 1. The minimum atomic E-state index is -3.84. The number of nitrogens with two attached hydrogens (primary N) is 1. The summed E-state index contributed by atoms with van der Waals surface area (Å²) in [5.74, 6) is -0.545. The van der Waals surface area contributed by atoms with E-state index in [4.69, 9.17) is 21.5 Å². The maximum atomic E-state index is 13.0. The predicted octanol–water partition coefficient (Wildman–Crippen LogP) is 2.04. The molecule has 1 amide bonds. The fourth-order valence-electron chi connectivity index (χ4n) is 3.30. The Balaban J connectivity index is 1.72. The first-order chi connectivity index (χ1) is 14.5. The number of amides is 1. The molecular formula is C19H22ClN3O6S2. The van der Waals surface area contributed by atoms with Crippen LogP contribution in [0.5, 0.6) is 5.75 Å². The van der Waals surface area contributed by atoms with E-state index < -0.39 is 26.0 Å². The van der Waals surface area contributed by atoms with Gasteiger partial charge in [-0.2, -0.15) is 4.31 Å². The molecule has 0 aromatic heterocycles. The first-order valence-electron chi connectivity index (χ1n) is 9.30. The highest BCUT2D eigenvalue weighted by Gasteiger charge is 2.33. The van der Waals surface area contributed by atoms with E-state index in [-0.39, 0.29) is 27.3 Å². The molecule has 2 aromatic carbocycles. The van der Waals surface area contributed by atoms with Gasteiger partial charge in [0, 0.05) is 18.8 Å². The van der Waals surface area contributed by atoms with E-state index in [1.807, 2.05) is 0 Å². The number of sulfonamides is 2. The van der Waals surface area contributed by atoms with E-state index in [2.05, 4.69) is 5.32 Å². The number of benzene rings is 2. The summed E-state index contributed by atoms with van der Waals surface area (Å²) in [5, 5.41) is 7.93. The van der Waals surface area contributed by atoms with Crippen LogP contribution in [0.4, 0.5) is 5.69 Å². The minimum absolute atomic E-state index is 0.0209. The third kappa shape index (κ3) is 5.36. The fourth-order valence-corrected chi connectivity index (χ4v) is 5.69. The number of nitrogens with zero attached hydrogens (tertiary/aromatic N) is 1. The Morgan fingerprint density at radius 2 is 1.77 bits per heavy atom. The van der Waals surface area contributed by atoms with Crippen LogP contribution in [0.15, 0.2) is 52.3 Å². The van der Waals surface area contributed by atoms with Crippen molar-refractivity contribution in [3.8, 4) is 5.75 Å². The normalized spacial score (nSPS) is 17.8. The van der Waals surface area contributed by atoms with Crippen molar-refractivity contribution < 1.29 is 26.4 Å². The molecule has 31 heavy (non-hydrogen) atoms. The molecule has 1 aliphatic heterocycles. The summed E-state index contributed by atoms with van der Waals surface area (Å²) in [5.41, 5.74) is 0.388. The average Bonchev–Trinajstić information content (AvgIpc) is 2.73. The van der Waals surface area contributed by atoms with E-state index in [9.17, 15) is 21.6 Å². The van der Waals surface area contributed by atoms with Crippen LogP contribution in [-0.4, -0.2) is 47.2 Å². The summed E-state index contributed by atoms with van der Waals surface area (Å²) in [6.07, 6.45) is 1.04. The quantitative estimate of drug-likeness (QED) is 0.639. The lowest BCUT2D eigenvalue weighted by Crippen LogP contribution is -2.43. The van der Waals surface area contributed by atoms with Crippen molar-refractivity contribution in [1.82, 2.24) is 4.31 Å². The Kier molecular flexibility index (Phi) is 6.92. The van der Waals surface area contributed by atoms with Gasteiger partial charge in [0.15, 0.2) is 0 Å². The van der Waals surface area contributed by atoms with E-state index in [1.165, 1.54) is 53.9 Å². The zero-order chi connectivity index (χ0) is 22.8. The molecule has 12 heteroatoms. The molecule has 3 rings (SSSR count). The highest BCUT2D eigenvalue weighted by molar-refractivity contribution is 7.89. The molecule has 0 unspecified atom stereocenters. The number of anilines is 1. The summed E-state index contributed by atoms with van der Waals surface area (Å²) in [4.78, 5) is 12.6. The van der Waals surface area contributed by atoms with Crippen LogP contribution in [0.3, 0.4) is 0 Å².